The molecule has 0 atom stereocenters. The van der Waals surface area contributed by atoms with Crippen LogP contribution in [-0.2, 0) is 16.4 Å². The van der Waals surface area contributed by atoms with Gasteiger partial charge in [-0.1, -0.05) is 22.8 Å². The molecule has 4 rings (SSSR count). The van der Waals surface area contributed by atoms with Gasteiger partial charge in [-0.15, -0.1) is 16.4 Å². The molecule has 3 aromatic heterocycles. The maximum atomic E-state index is 13.5. The van der Waals surface area contributed by atoms with E-state index in [1.54, 1.807) is 12.3 Å². The summed E-state index contributed by atoms with van der Waals surface area (Å²) in [6.07, 6.45) is 0.415. The van der Waals surface area contributed by atoms with Gasteiger partial charge in [-0.05, 0) is 65.9 Å². The first-order valence-electron chi connectivity index (χ1n) is 9.89. The number of rotatable bonds is 7. The molecule has 4 N–H and O–H groups in total. The van der Waals surface area contributed by atoms with E-state index in [2.05, 4.69) is 30.5 Å². The number of hydrogen-bond acceptors (Lipinski definition) is 9. The molecule has 0 saturated carbocycles. The number of halogens is 1. The van der Waals surface area contributed by atoms with Crippen molar-refractivity contribution in [2.75, 3.05) is 4.72 Å². The first kappa shape index (κ1) is 23.9. The molecule has 0 unspecified atom stereocenters. The van der Waals surface area contributed by atoms with E-state index in [4.69, 9.17) is 21.9 Å². The largest absolute Gasteiger partial charge is 0.365 e. The number of primary amides is 1. The molecule has 1 amide bonds. The van der Waals surface area contributed by atoms with Gasteiger partial charge in [0.15, 0.2) is 5.82 Å². The third-order valence-electron chi connectivity index (χ3n) is 5.39. The van der Waals surface area contributed by atoms with Crippen molar-refractivity contribution in [2.24, 2.45) is 5.73 Å². The number of aryl methyl sites for hydroxylation is 3. The van der Waals surface area contributed by atoms with Crippen molar-refractivity contribution in [2.45, 2.75) is 39.0 Å². The number of sulfonamides is 1. The Kier molecular flexibility index (Phi) is 6.18. The van der Waals surface area contributed by atoms with Crippen molar-refractivity contribution in [3.63, 3.8) is 0 Å². The van der Waals surface area contributed by atoms with Crippen LogP contribution < -0.4 is 10.5 Å². The SMILES string of the molecule is Cc1cc(C)c(-c2csc(C(N)=O)c2S(=O)(=O)Nc2onc(C)c2Cl)c(C)c1Cc1nnn[nH]1. The van der Waals surface area contributed by atoms with E-state index in [-0.39, 0.29) is 20.7 Å². The minimum absolute atomic E-state index is 0.0200. The minimum atomic E-state index is -4.34. The third-order valence-corrected chi connectivity index (χ3v) is 8.37. The second-order valence-electron chi connectivity index (χ2n) is 7.70. The number of anilines is 1. The van der Waals surface area contributed by atoms with E-state index in [0.29, 0.717) is 29.1 Å². The molecule has 0 radical (unpaired) electrons. The number of carbonyl (C=O) groups excluding carboxylic acids is 1. The molecule has 0 aliphatic rings. The molecule has 11 nitrogen and oxygen atoms in total. The van der Waals surface area contributed by atoms with Crippen molar-refractivity contribution in [3.05, 3.63) is 55.1 Å². The molecule has 34 heavy (non-hydrogen) atoms. The highest BCUT2D eigenvalue weighted by Gasteiger charge is 2.32. The molecule has 0 saturated heterocycles. The fraction of sp³-hybridized carbons (Fsp3) is 0.250. The Morgan fingerprint density at radius 3 is 2.59 bits per heavy atom. The summed E-state index contributed by atoms with van der Waals surface area (Å²) in [7, 11) is -4.34. The second-order valence-corrected chi connectivity index (χ2v) is 10.6. The van der Waals surface area contributed by atoms with Gasteiger partial charge in [-0.25, -0.2) is 18.2 Å². The van der Waals surface area contributed by atoms with Gasteiger partial charge in [0, 0.05) is 17.4 Å². The monoisotopic (exact) mass is 521 g/mol. The second kappa shape index (κ2) is 8.81. The number of aromatic amines is 1. The fourth-order valence-electron chi connectivity index (χ4n) is 3.89. The first-order valence-corrected chi connectivity index (χ1v) is 12.6. The molecular formula is C20H20ClN7O4S2. The van der Waals surface area contributed by atoms with E-state index >= 15 is 0 Å². The van der Waals surface area contributed by atoms with Gasteiger partial charge in [0.05, 0.1) is 0 Å². The number of aromatic nitrogens is 5. The normalized spacial score (nSPS) is 11.7. The number of carbonyl (C=O) groups is 1. The Morgan fingerprint density at radius 2 is 2.00 bits per heavy atom. The lowest BCUT2D eigenvalue weighted by atomic mass is 9.89. The van der Waals surface area contributed by atoms with Gasteiger partial charge in [-0.3, -0.25) is 4.79 Å². The molecule has 4 aromatic rings. The van der Waals surface area contributed by atoms with Crippen LogP contribution in [-0.4, -0.2) is 40.1 Å². The standard InChI is InChI=1S/C20H20ClN7O4S2/c1-8-5-9(2)15(10(3)12(8)6-14-23-27-28-24-14)13-7-33-17(19(22)29)18(13)34(30,31)26-20-16(21)11(4)25-32-20/h5,7,26H,6H2,1-4H3,(H2,22,29)(H,23,24,27,28). The summed E-state index contributed by atoms with van der Waals surface area (Å²) in [5, 5.41) is 19.2. The Labute approximate surface area is 203 Å². The summed E-state index contributed by atoms with van der Waals surface area (Å²) in [6, 6.07) is 1.95. The summed E-state index contributed by atoms with van der Waals surface area (Å²) in [6.45, 7) is 7.28. The smallest absolute Gasteiger partial charge is 0.266 e. The van der Waals surface area contributed by atoms with Crippen LogP contribution in [0.1, 0.15) is 43.4 Å². The Bertz CT molecular complexity index is 1510. The summed E-state index contributed by atoms with van der Waals surface area (Å²) in [5.74, 6) is -0.552. The number of benzene rings is 1. The summed E-state index contributed by atoms with van der Waals surface area (Å²) in [4.78, 5) is 11.8. The Morgan fingerprint density at radius 1 is 1.26 bits per heavy atom. The van der Waals surface area contributed by atoms with E-state index in [1.807, 2.05) is 26.8 Å². The van der Waals surface area contributed by atoms with Crippen molar-refractivity contribution in [1.29, 1.82) is 0 Å². The van der Waals surface area contributed by atoms with Crippen LogP contribution in [0.4, 0.5) is 5.88 Å². The average molecular weight is 522 g/mol. The van der Waals surface area contributed by atoms with Crippen molar-refractivity contribution >= 4 is 44.8 Å². The number of nitrogens with one attached hydrogen (secondary N) is 2. The lowest BCUT2D eigenvalue weighted by Crippen LogP contribution is -2.19. The zero-order valence-electron chi connectivity index (χ0n) is 18.6. The van der Waals surface area contributed by atoms with Gasteiger partial charge in [0.2, 0.25) is 0 Å². The zero-order valence-corrected chi connectivity index (χ0v) is 20.9. The van der Waals surface area contributed by atoms with E-state index in [9.17, 15) is 13.2 Å². The van der Waals surface area contributed by atoms with Crippen molar-refractivity contribution in [3.8, 4) is 11.1 Å². The third kappa shape index (κ3) is 4.17. The van der Waals surface area contributed by atoms with Gasteiger partial charge < -0.3 is 10.3 Å². The predicted octanol–water partition coefficient (Wildman–Crippen LogP) is 3.29. The molecule has 14 heteroatoms. The van der Waals surface area contributed by atoms with Gasteiger partial charge in [0.1, 0.15) is 20.5 Å². The Hall–Kier alpha value is -3.29. The van der Waals surface area contributed by atoms with Crippen LogP contribution >= 0.6 is 22.9 Å². The molecule has 3 heterocycles. The number of tetrazole rings is 1. The highest BCUT2D eigenvalue weighted by molar-refractivity contribution is 7.93. The van der Waals surface area contributed by atoms with Crippen LogP contribution in [0.15, 0.2) is 20.9 Å². The molecule has 0 aliphatic heterocycles. The highest BCUT2D eigenvalue weighted by atomic mass is 35.5. The molecular weight excluding hydrogens is 502 g/mol. The lowest BCUT2D eigenvalue weighted by Gasteiger charge is -2.18. The predicted molar refractivity (Wildman–Crippen MR) is 127 cm³/mol. The van der Waals surface area contributed by atoms with E-state index < -0.39 is 15.9 Å². The average Bonchev–Trinajstić information content (AvgIpc) is 3.49. The quantitative estimate of drug-likeness (QED) is 0.332. The molecule has 0 spiro atoms. The lowest BCUT2D eigenvalue weighted by molar-refractivity contribution is 0.100. The van der Waals surface area contributed by atoms with E-state index in [1.165, 1.54) is 0 Å². The van der Waals surface area contributed by atoms with Crippen LogP contribution in [0.2, 0.25) is 5.02 Å². The van der Waals surface area contributed by atoms with Crippen molar-refractivity contribution < 1.29 is 17.7 Å². The molecule has 178 valence electrons. The van der Waals surface area contributed by atoms with Gasteiger partial charge >= 0.3 is 0 Å². The topological polar surface area (TPSA) is 170 Å². The number of H-pyrrole nitrogens is 1. The maximum absolute atomic E-state index is 13.5. The summed E-state index contributed by atoms with van der Waals surface area (Å²) in [5.41, 5.74) is 10.4. The van der Waals surface area contributed by atoms with Crippen LogP contribution in [0, 0.1) is 27.7 Å². The number of hydrogen-bond donors (Lipinski definition) is 3. The number of nitrogens with zero attached hydrogens (tertiary/aromatic N) is 4. The van der Waals surface area contributed by atoms with E-state index in [0.717, 1.165) is 33.6 Å². The fourth-order valence-corrected chi connectivity index (χ4v) is 6.69. The number of thiophene rings is 1. The molecule has 1 aromatic carbocycles. The Balaban J connectivity index is 1.91. The summed E-state index contributed by atoms with van der Waals surface area (Å²) >= 11 is 7.05. The zero-order chi connectivity index (χ0) is 24.8. The first-order chi connectivity index (χ1) is 16.0. The number of nitrogens with two attached hydrogens (primary N) is 1. The van der Waals surface area contributed by atoms with Crippen LogP contribution in [0.5, 0.6) is 0 Å². The van der Waals surface area contributed by atoms with Gasteiger partial charge in [-0.2, -0.15) is 0 Å². The van der Waals surface area contributed by atoms with Crippen LogP contribution in [0.3, 0.4) is 0 Å². The molecule has 0 aliphatic carbocycles. The molecule has 0 fully saturated rings. The highest BCUT2D eigenvalue weighted by Crippen LogP contribution is 2.41. The summed E-state index contributed by atoms with van der Waals surface area (Å²) < 4.78 is 34.3. The maximum Gasteiger partial charge on any atom is 0.266 e. The van der Waals surface area contributed by atoms with Crippen LogP contribution in [0.25, 0.3) is 11.1 Å². The minimum Gasteiger partial charge on any atom is -0.365 e. The number of amides is 1. The van der Waals surface area contributed by atoms with Gasteiger partial charge in [0.25, 0.3) is 21.8 Å². The molecule has 0 bridgehead atoms. The van der Waals surface area contributed by atoms with Crippen molar-refractivity contribution in [1.82, 2.24) is 25.8 Å².